The van der Waals surface area contributed by atoms with Gasteiger partial charge >= 0.3 is 0 Å². The zero-order chi connectivity index (χ0) is 21.5. The summed E-state index contributed by atoms with van der Waals surface area (Å²) in [4.78, 5) is 17.0. The molecule has 1 saturated heterocycles. The topological polar surface area (TPSA) is 87.5 Å². The van der Waals surface area contributed by atoms with Crippen molar-refractivity contribution in [2.45, 2.75) is 24.9 Å². The molecule has 0 radical (unpaired) electrons. The van der Waals surface area contributed by atoms with Crippen LogP contribution >= 0.6 is 0 Å². The highest BCUT2D eigenvalue weighted by molar-refractivity contribution is 7.89. The van der Waals surface area contributed by atoms with Crippen molar-refractivity contribution >= 4 is 32.4 Å². The Balaban J connectivity index is 1.52. The maximum absolute atomic E-state index is 13.0. The molecule has 10 heteroatoms. The van der Waals surface area contributed by atoms with Gasteiger partial charge in [-0.3, -0.25) is 0 Å². The summed E-state index contributed by atoms with van der Waals surface area (Å²) >= 11 is 0. The minimum atomic E-state index is -3.58. The fourth-order valence-electron chi connectivity index (χ4n) is 3.64. The van der Waals surface area contributed by atoms with Crippen LogP contribution in [0.2, 0.25) is 0 Å². The highest BCUT2D eigenvalue weighted by Gasteiger charge is 2.30. The first-order valence-electron chi connectivity index (χ1n) is 9.98. The van der Waals surface area contributed by atoms with Gasteiger partial charge in [-0.2, -0.15) is 4.31 Å². The van der Waals surface area contributed by atoms with E-state index in [1.54, 1.807) is 18.9 Å². The first-order chi connectivity index (χ1) is 14.3. The lowest BCUT2D eigenvalue weighted by atomic mass is 10.1. The lowest BCUT2D eigenvalue weighted by Gasteiger charge is -2.35. The van der Waals surface area contributed by atoms with Gasteiger partial charge in [0.2, 0.25) is 0 Å². The van der Waals surface area contributed by atoms with E-state index in [9.17, 15) is 8.42 Å². The molecule has 4 rings (SSSR count). The van der Waals surface area contributed by atoms with Crippen molar-refractivity contribution in [1.29, 1.82) is 0 Å². The quantitative estimate of drug-likeness (QED) is 0.613. The Kier molecular flexibility index (Phi) is 5.37. The van der Waals surface area contributed by atoms with Crippen molar-refractivity contribution in [3.8, 4) is 0 Å². The molecule has 9 nitrogen and oxygen atoms in total. The van der Waals surface area contributed by atoms with Crippen LogP contribution in [0.25, 0.3) is 10.9 Å². The molecule has 1 aliphatic rings. The van der Waals surface area contributed by atoms with Crippen molar-refractivity contribution in [3.63, 3.8) is 0 Å². The van der Waals surface area contributed by atoms with E-state index in [-0.39, 0.29) is 11.1 Å². The third-order valence-corrected chi connectivity index (χ3v) is 7.19. The molecule has 1 aliphatic heterocycles. The molecule has 0 unspecified atom stereocenters. The summed E-state index contributed by atoms with van der Waals surface area (Å²) < 4.78 is 29.3. The number of fused-ring (bicyclic) bond motifs is 1. The SMILES string of the molecule is CC(C)n1cnc(S(=O)(=O)N2CCN(c3ccc4ncnc(N(C)C)c4c3)CC2)c1. The largest absolute Gasteiger partial charge is 0.369 e. The van der Waals surface area contributed by atoms with Gasteiger partial charge in [-0.05, 0) is 32.0 Å². The number of aromatic nitrogens is 4. The number of nitrogens with zero attached hydrogens (tertiary/aromatic N) is 7. The summed E-state index contributed by atoms with van der Waals surface area (Å²) in [5.74, 6) is 0.865. The fourth-order valence-corrected chi connectivity index (χ4v) is 4.98. The molecule has 160 valence electrons. The van der Waals surface area contributed by atoms with Crippen LogP contribution in [-0.4, -0.2) is 72.5 Å². The average molecular weight is 430 g/mol. The average Bonchev–Trinajstić information content (AvgIpc) is 3.24. The van der Waals surface area contributed by atoms with Crippen LogP contribution in [-0.2, 0) is 10.0 Å². The Morgan fingerprint density at radius 2 is 1.77 bits per heavy atom. The predicted molar refractivity (Wildman–Crippen MR) is 117 cm³/mol. The van der Waals surface area contributed by atoms with Gasteiger partial charge in [0.25, 0.3) is 10.0 Å². The van der Waals surface area contributed by atoms with Gasteiger partial charge in [-0.25, -0.2) is 23.4 Å². The Morgan fingerprint density at radius 3 is 2.40 bits per heavy atom. The summed E-state index contributed by atoms with van der Waals surface area (Å²) in [6, 6.07) is 6.27. The number of anilines is 2. The summed E-state index contributed by atoms with van der Waals surface area (Å²) in [5, 5.41) is 1.09. The number of hydrogen-bond acceptors (Lipinski definition) is 7. The van der Waals surface area contributed by atoms with Crippen molar-refractivity contribution < 1.29 is 8.42 Å². The van der Waals surface area contributed by atoms with E-state index >= 15 is 0 Å². The van der Waals surface area contributed by atoms with Crippen LogP contribution in [0.15, 0.2) is 42.1 Å². The van der Waals surface area contributed by atoms with Crippen LogP contribution in [0.5, 0.6) is 0 Å². The second-order valence-electron chi connectivity index (χ2n) is 7.94. The number of piperazine rings is 1. The van der Waals surface area contributed by atoms with E-state index in [1.165, 1.54) is 4.31 Å². The Morgan fingerprint density at radius 1 is 1.03 bits per heavy atom. The molecular formula is C20H27N7O2S. The third kappa shape index (κ3) is 3.72. The molecule has 0 saturated carbocycles. The molecule has 2 aromatic heterocycles. The van der Waals surface area contributed by atoms with Crippen molar-refractivity contribution in [3.05, 3.63) is 37.1 Å². The smallest absolute Gasteiger partial charge is 0.262 e. The molecule has 3 heterocycles. The van der Waals surface area contributed by atoms with E-state index in [2.05, 4.69) is 25.9 Å². The minimum Gasteiger partial charge on any atom is -0.369 e. The number of hydrogen-bond donors (Lipinski definition) is 0. The zero-order valence-corrected chi connectivity index (χ0v) is 18.5. The lowest BCUT2D eigenvalue weighted by molar-refractivity contribution is 0.383. The van der Waals surface area contributed by atoms with Crippen molar-refractivity contribution in [2.24, 2.45) is 0 Å². The highest BCUT2D eigenvalue weighted by atomic mass is 32.2. The number of sulfonamides is 1. The summed E-state index contributed by atoms with van der Waals surface area (Å²) in [6.45, 7) is 6.04. The van der Waals surface area contributed by atoms with Crippen molar-refractivity contribution in [1.82, 2.24) is 23.8 Å². The number of rotatable bonds is 5. The molecule has 0 aliphatic carbocycles. The highest BCUT2D eigenvalue weighted by Crippen LogP contribution is 2.28. The first kappa shape index (κ1) is 20.5. The number of benzene rings is 1. The van der Waals surface area contributed by atoms with Gasteiger partial charge in [0.1, 0.15) is 12.1 Å². The summed E-state index contributed by atoms with van der Waals surface area (Å²) in [7, 11) is 0.329. The molecular weight excluding hydrogens is 402 g/mol. The molecule has 0 N–H and O–H groups in total. The molecule has 0 atom stereocenters. The van der Waals surface area contributed by atoms with Gasteiger partial charge in [-0.15, -0.1) is 0 Å². The Hall–Kier alpha value is -2.72. The fraction of sp³-hybridized carbons (Fsp3) is 0.450. The van der Waals surface area contributed by atoms with Gasteiger partial charge in [0.05, 0.1) is 11.8 Å². The van der Waals surface area contributed by atoms with Gasteiger partial charge in [-0.1, -0.05) is 0 Å². The van der Waals surface area contributed by atoms with Gasteiger partial charge in [0, 0.05) is 63.6 Å². The maximum atomic E-state index is 13.0. The molecule has 0 bridgehead atoms. The molecule has 30 heavy (non-hydrogen) atoms. The van der Waals surface area contributed by atoms with E-state index < -0.39 is 10.0 Å². The normalized spacial score (nSPS) is 15.8. The Bertz CT molecular complexity index is 1150. The number of imidazole rings is 1. The van der Waals surface area contributed by atoms with Gasteiger partial charge in [0.15, 0.2) is 5.03 Å². The van der Waals surface area contributed by atoms with Crippen LogP contribution in [0.1, 0.15) is 19.9 Å². The van der Waals surface area contributed by atoms with E-state index in [1.807, 2.05) is 49.5 Å². The van der Waals surface area contributed by atoms with Crippen LogP contribution in [0.4, 0.5) is 11.5 Å². The molecule has 1 aromatic carbocycles. The Labute approximate surface area is 177 Å². The van der Waals surface area contributed by atoms with Crippen LogP contribution in [0.3, 0.4) is 0 Å². The zero-order valence-electron chi connectivity index (χ0n) is 17.7. The second-order valence-corrected chi connectivity index (χ2v) is 9.82. The summed E-state index contributed by atoms with van der Waals surface area (Å²) in [6.07, 6.45) is 4.76. The van der Waals surface area contributed by atoms with Crippen LogP contribution < -0.4 is 9.80 Å². The summed E-state index contributed by atoms with van der Waals surface area (Å²) in [5.41, 5.74) is 1.93. The predicted octanol–water partition coefficient (Wildman–Crippen LogP) is 1.98. The standard InChI is InChI=1S/C20H27N7O2S/c1-15(2)26-12-19(23-14-26)30(28,29)27-9-7-25(8-10-27)16-5-6-18-17(11-16)20(24(3)4)22-13-21-18/h5-6,11-15H,7-10H2,1-4H3. The second kappa shape index (κ2) is 7.84. The van der Waals surface area contributed by atoms with E-state index in [0.29, 0.717) is 26.2 Å². The lowest BCUT2D eigenvalue weighted by Crippen LogP contribution is -2.48. The van der Waals surface area contributed by atoms with Gasteiger partial charge < -0.3 is 14.4 Å². The van der Waals surface area contributed by atoms with Crippen molar-refractivity contribution in [2.75, 3.05) is 50.1 Å². The molecule has 3 aromatic rings. The van der Waals surface area contributed by atoms with Crippen LogP contribution in [0, 0.1) is 0 Å². The maximum Gasteiger partial charge on any atom is 0.262 e. The first-order valence-corrected chi connectivity index (χ1v) is 11.4. The minimum absolute atomic E-state index is 0.114. The van der Waals surface area contributed by atoms with E-state index in [4.69, 9.17) is 0 Å². The molecule has 0 amide bonds. The third-order valence-electron chi connectivity index (χ3n) is 5.40. The molecule has 0 spiro atoms. The molecule has 1 fully saturated rings. The monoisotopic (exact) mass is 429 g/mol. The van der Waals surface area contributed by atoms with E-state index in [0.717, 1.165) is 22.4 Å².